The average molecular weight is 464 g/mol. The molecule has 2 aliphatic rings. The highest BCUT2D eigenvalue weighted by Gasteiger charge is 2.42. The van der Waals surface area contributed by atoms with Crippen molar-refractivity contribution in [2.75, 3.05) is 44.1 Å². The number of carbonyl (C=O) groups is 2. The number of nitrogens with one attached hydrogen (secondary N) is 2. The minimum absolute atomic E-state index is 0.0819. The molecule has 34 heavy (non-hydrogen) atoms. The molecule has 0 fully saturated rings. The molecule has 1 heterocycles. The maximum absolute atomic E-state index is 13.7. The normalized spacial score (nSPS) is 19.0. The monoisotopic (exact) mass is 463 g/mol. The lowest BCUT2D eigenvalue weighted by Crippen LogP contribution is -2.42. The van der Waals surface area contributed by atoms with Crippen LogP contribution in [0.15, 0.2) is 59.8 Å². The van der Waals surface area contributed by atoms with Crippen molar-refractivity contribution in [3.63, 3.8) is 0 Å². The minimum atomic E-state index is -0.473. The predicted octanol–water partition coefficient (Wildman–Crippen LogP) is 4.07. The zero-order valence-corrected chi connectivity index (χ0v) is 20.3. The van der Waals surface area contributed by atoms with E-state index in [4.69, 9.17) is 9.47 Å². The van der Waals surface area contributed by atoms with Crippen molar-refractivity contribution in [3.05, 3.63) is 65.4 Å². The molecule has 0 unspecified atom stereocenters. The van der Waals surface area contributed by atoms with Gasteiger partial charge >= 0.3 is 0 Å². The van der Waals surface area contributed by atoms with E-state index in [2.05, 4.69) is 24.5 Å². The van der Waals surface area contributed by atoms with E-state index in [9.17, 15) is 9.59 Å². The van der Waals surface area contributed by atoms with Gasteiger partial charge in [0.25, 0.3) is 0 Å². The molecule has 1 aliphatic heterocycles. The van der Waals surface area contributed by atoms with Gasteiger partial charge in [-0.1, -0.05) is 44.2 Å². The second-order valence-corrected chi connectivity index (χ2v) is 9.59. The van der Waals surface area contributed by atoms with Crippen molar-refractivity contribution in [1.29, 1.82) is 0 Å². The number of para-hydroxylation sites is 3. The summed E-state index contributed by atoms with van der Waals surface area (Å²) in [6, 6.07) is 15.1. The summed E-state index contributed by atoms with van der Waals surface area (Å²) in [5, 5.41) is 6.49. The molecule has 7 nitrogen and oxygen atoms in total. The van der Waals surface area contributed by atoms with Crippen LogP contribution in [0.3, 0.4) is 0 Å². The van der Waals surface area contributed by atoms with E-state index >= 15 is 0 Å². The summed E-state index contributed by atoms with van der Waals surface area (Å²) in [6.45, 7) is 5.17. The molecule has 0 aromatic heterocycles. The van der Waals surface area contributed by atoms with Crippen LogP contribution in [0.2, 0.25) is 0 Å². The standard InChI is InChI=1S/C27H33N3O4/c1-27(2)15-20-25(22(31)16-27)26(18-9-5-8-12-23(18)34-4)30(17-24(32)28-13-14-33-3)21-11-7-6-10-19(21)29-20/h5-12,26,29H,13-17H2,1-4H3,(H,28,32)/t26-/m1/s1. The van der Waals surface area contributed by atoms with Gasteiger partial charge in [-0.05, 0) is 30.0 Å². The Kier molecular flexibility index (Phi) is 6.93. The SMILES string of the molecule is COCCNC(=O)CN1c2ccccc2NC2=C(C(=O)CC(C)(C)C2)[C@H]1c1ccccc1OC. The molecule has 180 valence electrons. The number of ketones is 1. The average Bonchev–Trinajstić information content (AvgIpc) is 2.93. The van der Waals surface area contributed by atoms with Crippen LogP contribution >= 0.6 is 0 Å². The molecule has 2 N–H and O–H groups in total. The van der Waals surface area contributed by atoms with Crippen molar-refractivity contribution in [3.8, 4) is 5.75 Å². The van der Waals surface area contributed by atoms with Gasteiger partial charge in [-0.3, -0.25) is 9.59 Å². The Balaban J connectivity index is 1.89. The highest BCUT2D eigenvalue weighted by molar-refractivity contribution is 6.02. The summed E-state index contributed by atoms with van der Waals surface area (Å²) in [7, 11) is 3.23. The van der Waals surface area contributed by atoms with Crippen molar-refractivity contribution >= 4 is 23.1 Å². The van der Waals surface area contributed by atoms with E-state index in [1.807, 2.05) is 53.4 Å². The highest BCUT2D eigenvalue weighted by Crippen LogP contribution is 2.49. The molecular weight excluding hydrogens is 430 g/mol. The lowest BCUT2D eigenvalue weighted by Gasteiger charge is -2.38. The van der Waals surface area contributed by atoms with Crippen LogP contribution in [0.5, 0.6) is 5.75 Å². The van der Waals surface area contributed by atoms with Crippen LogP contribution in [0.4, 0.5) is 11.4 Å². The lowest BCUT2D eigenvalue weighted by molar-refractivity contribution is -0.121. The second kappa shape index (κ2) is 9.89. The summed E-state index contributed by atoms with van der Waals surface area (Å²) in [5.74, 6) is 0.632. The number of nitrogens with zero attached hydrogens (tertiary/aromatic N) is 1. The van der Waals surface area contributed by atoms with Crippen LogP contribution in [-0.4, -0.2) is 45.6 Å². The van der Waals surface area contributed by atoms with Gasteiger partial charge in [0.15, 0.2) is 5.78 Å². The first-order chi connectivity index (χ1) is 16.3. The molecule has 1 aliphatic carbocycles. The molecule has 0 radical (unpaired) electrons. The molecule has 4 rings (SSSR count). The molecule has 1 amide bonds. The van der Waals surface area contributed by atoms with Crippen LogP contribution < -0.4 is 20.3 Å². The van der Waals surface area contributed by atoms with Crippen molar-refractivity contribution in [2.45, 2.75) is 32.7 Å². The molecule has 0 saturated carbocycles. The number of rotatable bonds is 7. The van der Waals surface area contributed by atoms with Gasteiger partial charge in [0.05, 0.1) is 37.7 Å². The Labute approximate surface area is 201 Å². The van der Waals surface area contributed by atoms with Gasteiger partial charge in [0.1, 0.15) is 5.75 Å². The first-order valence-corrected chi connectivity index (χ1v) is 11.6. The van der Waals surface area contributed by atoms with Crippen molar-refractivity contribution in [2.24, 2.45) is 5.41 Å². The maximum Gasteiger partial charge on any atom is 0.239 e. The van der Waals surface area contributed by atoms with Crippen molar-refractivity contribution < 1.29 is 19.1 Å². The van der Waals surface area contributed by atoms with Crippen LogP contribution in [0.1, 0.15) is 38.3 Å². The first-order valence-electron chi connectivity index (χ1n) is 11.6. The first kappa shape index (κ1) is 23.8. The third-order valence-electron chi connectivity index (χ3n) is 6.38. The van der Waals surface area contributed by atoms with E-state index in [1.165, 1.54) is 0 Å². The summed E-state index contributed by atoms with van der Waals surface area (Å²) in [6.07, 6.45) is 1.19. The number of amides is 1. The fourth-order valence-electron chi connectivity index (χ4n) is 4.95. The molecule has 2 aromatic carbocycles. The number of Topliss-reactive ketones (excluding diaryl/α,β-unsaturated/α-hetero) is 1. The van der Waals surface area contributed by atoms with Crippen molar-refractivity contribution in [1.82, 2.24) is 5.32 Å². The van der Waals surface area contributed by atoms with Gasteiger partial charge < -0.3 is 25.0 Å². The van der Waals surface area contributed by atoms with Gasteiger partial charge in [-0.2, -0.15) is 0 Å². The molecule has 7 heteroatoms. The number of methoxy groups -OCH3 is 2. The number of allylic oxidation sites excluding steroid dienone is 1. The van der Waals surface area contributed by atoms with Crippen LogP contribution in [0, 0.1) is 5.41 Å². The fourth-order valence-corrected chi connectivity index (χ4v) is 4.95. The Bertz CT molecular complexity index is 1110. The smallest absolute Gasteiger partial charge is 0.239 e. The van der Waals surface area contributed by atoms with E-state index in [1.54, 1.807) is 14.2 Å². The number of anilines is 2. The van der Waals surface area contributed by atoms with Crippen LogP contribution in [-0.2, 0) is 14.3 Å². The van der Waals surface area contributed by atoms with E-state index < -0.39 is 6.04 Å². The molecule has 1 atom stereocenters. The second-order valence-electron chi connectivity index (χ2n) is 9.59. The number of carbonyl (C=O) groups excluding carboxylic acids is 2. The minimum Gasteiger partial charge on any atom is -0.496 e. The lowest BCUT2D eigenvalue weighted by atomic mass is 9.73. The number of hydrogen-bond acceptors (Lipinski definition) is 6. The van der Waals surface area contributed by atoms with E-state index in [0.717, 1.165) is 29.1 Å². The van der Waals surface area contributed by atoms with Gasteiger partial charge in [-0.25, -0.2) is 0 Å². The zero-order chi connectivity index (χ0) is 24.3. The van der Waals surface area contributed by atoms with Gasteiger partial charge in [0.2, 0.25) is 5.91 Å². The van der Waals surface area contributed by atoms with E-state index in [-0.39, 0.29) is 23.7 Å². The fraction of sp³-hybridized carbons (Fsp3) is 0.407. The topological polar surface area (TPSA) is 79.9 Å². The molecular formula is C27H33N3O4. The van der Waals surface area contributed by atoms with Crippen LogP contribution in [0.25, 0.3) is 0 Å². The molecule has 0 spiro atoms. The largest absolute Gasteiger partial charge is 0.496 e. The number of ether oxygens (including phenoxy) is 2. The Hall–Kier alpha value is -3.32. The molecule has 0 bridgehead atoms. The third-order valence-corrected chi connectivity index (χ3v) is 6.38. The Morgan fingerprint density at radius 3 is 2.62 bits per heavy atom. The summed E-state index contributed by atoms with van der Waals surface area (Å²) >= 11 is 0. The number of hydrogen-bond donors (Lipinski definition) is 2. The quantitative estimate of drug-likeness (QED) is 0.603. The Morgan fingerprint density at radius 1 is 1.12 bits per heavy atom. The van der Waals surface area contributed by atoms with Gasteiger partial charge in [0, 0.05) is 36.9 Å². The van der Waals surface area contributed by atoms with E-state index in [0.29, 0.717) is 30.9 Å². The number of benzene rings is 2. The molecule has 0 saturated heterocycles. The third kappa shape index (κ3) is 4.80. The zero-order valence-electron chi connectivity index (χ0n) is 20.3. The predicted molar refractivity (Wildman–Crippen MR) is 133 cm³/mol. The number of fused-ring (bicyclic) bond motifs is 1. The summed E-state index contributed by atoms with van der Waals surface area (Å²) in [5.41, 5.74) is 4.05. The maximum atomic E-state index is 13.7. The molecule has 2 aromatic rings. The Morgan fingerprint density at radius 2 is 1.85 bits per heavy atom. The van der Waals surface area contributed by atoms with Gasteiger partial charge in [-0.15, -0.1) is 0 Å². The summed E-state index contributed by atoms with van der Waals surface area (Å²) in [4.78, 5) is 28.7. The highest BCUT2D eigenvalue weighted by atomic mass is 16.5. The summed E-state index contributed by atoms with van der Waals surface area (Å²) < 4.78 is 10.8.